The number of methoxy groups -OCH3 is 2. The average molecular weight is 500 g/mol. The predicted molar refractivity (Wildman–Crippen MR) is 126 cm³/mol. The molecule has 0 spiro atoms. The molecule has 32 heavy (non-hydrogen) atoms. The minimum Gasteiger partial charge on any atom is -0.493 e. The minimum absolute atomic E-state index is 0.253. The number of allylic oxidation sites excluding steroid dienone is 1. The van der Waals surface area contributed by atoms with Gasteiger partial charge in [0.2, 0.25) is 0 Å². The lowest BCUT2D eigenvalue weighted by Gasteiger charge is -2.15. The van der Waals surface area contributed by atoms with E-state index in [1.165, 1.54) is 18.9 Å². The van der Waals surface area contributed by atoms with E-state index in [2.05, 4.69) is 37.3 Å². The minimum atomic E-state index is -0.507. The highest BCUT2D eigenvalue weighted by atomic mass is 79.9. The number of ether oxygens (including phenoxy) is 3. The number of nitrogens with zero attached hydrogens (tertiary/aromatic N) is 3. The molecule has 0 aliphatic rings. The van der Waals surface area contributed by atoms with Crippen molar-refractivity contribution in [2.75, 3.05) is 20.8 Å². The Kier molecular flexibility index (Phi) is 7.42. The molecule has 8 nitrogen and oxygen atoms in total. The molecule has 9 heteroatoms. The molecule has 3 aromatic rings. The summed E-state index contributed by atoms with van der Waals surface area (Å²) in [5.41, 5.74) is 1.74. The number of carbonyl (C=O) groups excluding carboxylic acids is 1. The van der Waals surface area contributed by atoms with E-state index in [1.807, 2.05) is 12.1 Å². The molecule has 0 N–H and O–H groups in total. The number of rotatable bonds is 8. The summed E-state index contributed by atoms with van der Waals surface area (Å²) in [6, 6.07) is 8.86. The quantitative estimate of drug-likeness (QED) is 0.267. The van der Waals surface area contributed by atoms with E-state index < -0.39 is 5.97 Å². The molecule has 2 aromatic carbocycles. The first-order valence-corrected chi connectivity index (χ1v) is 10.4. The molecule has 0 aliphatic carbocycles. The molecule has 1 heterocycles. The van der Waals surface area contributed by atoms with Gasteiger partial charge in [0.15, 0.2) is 18.1 Å². The van der Waals surface area contributed by atoms with Gasteiger partial charge in [-0.1, -0.05) is 22.0 Å². The van der Waals surface area contributed by atoms with E-state index >= 15 is 0 Å². The Bertz CT molecular complexity index is 1270. The molecule has 0 fully saturated rings. The number of fused-ring (bicyclic) bond motifs is 1. The van der Waals surface area contributed by atoms with Crippen molar-refractivity contribution in [2.24, 2.45) is 5.10 Å². The summed E-state index contributed by atoms with van der Waals surface area (Å²) < 4.78 is 17.7. The summed E-state index contributed by atoms with van der Waals surface area (Å²) in [6.07, 6.45) is 3.72. The second-order valence-electron chi connectivity index (χ2n) is 6.75. The second kappa shape index (κ2) is 10.2. The van der Waals surface area contributed by atoms with Crippen LogP contribution in [0.3, 0.4) is 0 Å². The highest BCUT2D eigenvalue weighted by Crippen LogP contribution is 2.33. The topological polar surface area (TPSA) is 92.0 Å². The van der Waals surface area contributed by atoms with Gasteiger partial charge >= 0.3 is 5.97 Å². The van der Waals surface area contributed by atoms with E-state index in [1.54, 1.807) is 37.4 Å². The van der Waals surface area contributed by atoms with Gasteiger partial charge in [0.25, 0.3) is 5.56 Å². The van der Waals surface area contributed by atoms with Crippen molar-refractivity contribution in [1.82, 2.24) is 9.66 Å². The average Bonchev–Trinajstić information content (AvgIpc) is 2.78. The SMILES string of the molecule is C=CCc1cc(C=Nn2c(C)nc3ccc(Br)cc3c2=O)cc(OC)c1OCC(=O)OC. The molecule has 0 saturated heterocycles. The second-order valence-corrected chi connectivity index (χ2v) is 7.67. The number of hydrogen-bond donors (Lipinski definition) is 0. The number of benzene rings is 2. The zero-order chi connectivity index (χ0) is 23.3. The zero-order valence-corrected chi connectivity index (χ0v) is 19.5. The molecular weight excluding hydrogens is 478 g/mol. The number of halogens is 1. The van der Waals surface area contributed by atoms with Crippen LogP contribution < -0.4 is 15.0 Å². The van der Waals surface area contributed by atoms with E-state index in [0.717, 1.165) is 10.0 Å². The monoisotopic (exact) mass is 499 g/mol. The standard InChI is InChI=1S/C23H22BrN3O5/c1-5-6-16-9-15(10-20(30-3)22(16)32-13-21(28)31-4)12-25-27-14(2)26-19-8-7-17(24)11-18(19)23(27)29/h5,7-12H,1,6,13H2,2-4H3. The lowest BCUT2D eigenvalue weighted by Crippen LogP contribution is -2.20. The van der Waals surface area contributed by atoms with Crippen molar-refractivity contribution in [3.63, 3.8) is 0 Å². The molecule has 0 bridgehead atoms. The summed E-state index contributed by atoms with van der Waals surface area (Å²) in [5, 5.41) is 4.81. The largest absolute Gasteiger partial charge is 0.493 e. The van der Waals surface area contributed by atoms with Gasteiger partial charge in [0.05, 0.1) is 31.3 Å². The molecule has 0 atom stereocenters. The smallest absolute Gasteiger partial charge is 0.343 e. The van der Waals surface area contributed by atoms with Crippen LogP contribution in [0.25, 0.3) is 10.9 Å². The number of carbonyl (C=O) groups is 1. The number of hydrogen-bond acceptors (Lipinski definition) is 7. The van der Waals surface area contributed by atoms with E-state index in [-0.39, 0.29) is 12.2 Å². The maximum Gasteiger partial charge on any atom is 0.343 e. The third-order valence-electron chi connectivity index (χ3n) is 4.59. The van der Waals surface area contributed by atoms with Gasteiger partial charge in [-0.15, -0.1) is 6.58 Å². The highest BCUT2D eigenvalue weighted by molar-refractivity contribution is 9.10. The molecule has 0 amide bonds. The number of aromatic nitrogens is 2. The number of aryl methyl sites for hydroxylation is 1. The van der Waals surface area contributed by atoms with E-state index in [4.69, 9.17) is 9.47 Å². The fourth-order valence-corrected chi connectivity index (χ4v) is 3.45. The van der Waals surface area contributed by atoms with Gasteiger partial charge in [0, 0.05) is 10.0 Å². The lowest BCUT2D eigenvalue weighted by molar-refractivity contribution is -0.142. The van der Waals surface area contributed by atoms with Crippen LogP contribution in [0.1, 0.15) is 17.0 Å². The predicted octanol–water partition coefficient (Wildman–Crippen LogP) is 3.64. The van der Waals surface area contributed by atoms with E-state index in [9.17, 15) is 9.59 Å². The summed E-state index contributed by atoms with van der Waals surface area (Å²) in [5.74, 6) is 0.782. The Hall–Kier alpha value is -3.46. The van der Waals surface area contributed by atoms with Crippen molar-refractivity contribution in [1.29, 1.82) is 0 Å². The van der Waals surface area contributed by atoms with Gasteiger partial charge in [-0.3, -0.25) is 4.79 Å². The normalized spacial score (nSPS) is 11.0. The van der Waals surface area contributed by atoms with Gasteiger partial charge in [-0.2, -0.15) is 9.78 Å². The van der Waals surface area contributed by atoms with Crippen LogP contribution in [0.4, 0.5) is 0 Å². The van der Waals surface area contributed by atoms with Crippen molar-refractivity contribution in [3.8, 4) is 11.5 Å². The molecule has 166 valence electrons. The Balaban J connectivity index is 2.03. The molecule has 1 aromatic heterocycles. The first-order valence-electron chi connectivity index (χ1n) is 9.62. The number of esters is 1. The van der Waals surface area contributed by atoms with Gasteiger partial charge in [0.1, 0.15) is 5.82 Å². The first kappa shape index (κ1) is 23.2. The fraction of sp³-hybridized carbons (Fsp3) is 0.217. The zero-order valence-electron chi connectivity index (χ0n) is 17.9. The van der Waals surface area contributed by atoms with Crippen LogP contribution in [-0.4, -0.2) is 42.7 Å². The summed E-state index contributed by atoms with van der Waals surface area (Å²) in [6.45, 7) is 5.23. The van der Waals surface area contributed by atoms with Gasteiger partial charge < -0.3 is 14.2 Å². The molecular formula is C23H22BrN3O5. The molecule has 0 radical (unpaired) electrons. The fourth-order valence-electron chi connectivity index (χ4n) is 3.09. The van der Waals surface area contributed by atoms with Crippen molar-refractivity contribution < 1.29 is 19.0 Å². The maximum atomic E-state index is 12.9. The third-order valence-corrected chi connectivity index (χ3v) is 5.09. The Labute approximate surface area is 193 Å². The van der Waals surface area contributed by atoms with Crippen LogP contribution in [0.5, 0.6) is 11.5 Å². The van der Waals surface area contributed by atoms with Crippen molar-refractivity contribution in [2.45, 2.75) is 13.3 Å². The molecule has 3 rings (SSSR count). The summed E-state index contributed by atoms with van der Waals surface area (Å²) >= 11 is 3.38. The van der Waals surface area contributed by atoms with Crippen LogP contribution in [0.15, 0.2) is 57.4 Å². The lowest BCUT2D eigenvalue weighted by atomic mass is 10.1. The first-order chi connectivity index (χ1) is 15.4. The maximum absolute atomic E-state index is 12.9. The van der Waals surface area contributed by atoms with Crippen LogP contribution >= 0.6 is 15.9 Å². The highest BCUT2D eigenvalue weighted by Gasteiger charge is 2.15. The third kappa shape index (κ3) is 5.05. The Morgan fingerprint density at radius 3 is 2.75 bits per heavy atom. The van der Waals surface area contributed by atoms with Crippen LogP contribution in [0, 0.1) is 6.92 Å². The van der Waals surface area contributed by atoms with Gasteiger partial charge in [-0.25, -0.2) is 9.78 Å². The van der Waals surface area contributed by atoms with Crippen LogP contribution in [-0.2, 0) is 16.0 Å². The van der Waals surface area contributed by atoms with E-state index in [0.29, 0.717) is 40.2 Å². The summed E-state index contributed by atoms with van der Waals surface area (Å²) in [4.78, 5) is 28.9. The molecule has 0 unspecified atom stereocenters. The Morgan fingerprint density at radius 2 is 2.06 bits per heavy atom. The van der Waals surface area contributed by atoms with Crippen LogP contribution in [0.2, 0.25) is 0 Å². The Morgan fingerprint density at radius 1 is 1.28 bits per heavy atom. The van der Waals surface area contributed by atoms with Gasteiger partial charge in [-0.05, 0) is 49.2 Å². The van der Waals surface area contributed by atoms with Crippen molar-refractivity contribution >= 4 is 39.0 Å². The molecule has 0 aliphatic heterocycles. The van der Waals surface area contributed by atoms with Crippen molar-refractivity contribution in [3.05, 3.63) is 74.8 Å². The molecule has 0 saturated carbocycles. The summed E-state index contributed by atoms with van der Waals surface area (Å²) in [7, 11) is 2.79.